The van der Waals surface area contributed by atoms with E-state index in [9.17, 15) is 4.79 Å². The van der Waals surface area contributed by atoms with Crippen molar-refractivity contribution in [2.45, 2.75) is 17.1 Å². The van der Waals surface area contributed by atoms with Crippen molar-refractivity contribution in [1.29, 1.82) is 0 Å². The van der Waals surface area contributed by atoms with Crippen molar-refractivity contribution in [3.8, 4) is 0 Å². The maximum atomic E-state index is 11.2. The van der Waals surface area contributed by atoms with Gasteiger partial charge in [-0.2, -0.15) is 0 Å². The zero-order chi connectivity index (χ0) is 11.5. The highest BCUT2D eigenvalue weighted by atomic mass is 35.5. The van der Waals surface area contributed by atoms with Crippen molar-refractivity contribution in [3.63, 3.8) is 0 Å². The third-order valence-corrected chi connectivity index (χ3v) is 3.07. The number of nitrogens with one attached hydrogen (secondary N) is 1. The number of H-pyrrole nitrogens is 1. The van der Waals surface area contributed by atoms with Gasteiger partial charge in [0.1, 0.15) is 10.0 Å². The molecule has 0 amide bonds. The third kappa shape index (κ3) is 2.40. The molecule has 0 aliphatic carbocycles. The normalized spacial score (nSPS) is 10.4. The van der Waals surface area contributed by atoms with Gasteiger partial charge in [-0.15, -0.1) is 0 Å². The van der Waals surface area contributed by atoms with Crippen LogP contribution in [0.4, 0.5) is 0 Å². The average molecular weight is 255 g/mol. The Balaban J connectivity index is 2.30. The molecule has 0 unspecified atom stereocenters. The van der Waals surface area contributed by atoms with Crippen LogP contribution in [0.3, 0.4) is 0 Å². The van der Waals surface area contributed by atoms with Crippen LogP contribution in [0.1, 0.15) is 5.56 Å². The van der Waals surface area contributed by atoms with Gasteiger partial charge < -0.3 is 4.98 Å². The van der Waals surface area contributed by atoms with E-state index in [4.69, 9.17) is 11.6 Å². The SMILES string of the molecule is Cc1cnc(Sc2nc[nH]c(=O)c2Cl)nc1. The van der Waals surface area contributed by atoms with Crippen molar-refractivity contribution in [3.05, 3.63) is 39.7 Å². The summed E-state index contributed by atoms with van der Waals surface area (Å²) in [6.07, 6.45) is 4.68. The summed E-state index contributed by atoms with van der Waals surface area (Å²) in [5, 5.41) is 0.955. The van der Waals surface area contributed by atoms with Gasteiger partial charge >= 0.3 is 0 Å². The number of nitrogens with zero attached hydrogens (tertiary/aromatic N) is 3. The van der Waals surface area contributed by atoms with E-state index in [0.29, 0.717) is 10.2 Å². The van der Waals surface area contributed by atoms with E-state index >= 15 is 0 Å². The van der Waals surface area contributed by atoms with E-state index in [1.807, 2.05) is 6.92 Å². The molecule has 7 heteroatoms. The van der Waals surface area contributed by atoms with Crippen LogP contribution in [0.15, 0.2) is 33.7 Å². The second-order valence-electron chi connectivity index (χ2n) is 3.00. The van der Waals surface area contributed by atoms with Crippen LogP contribution < -0.4 is 5.56 Å². The van der Waals surface area contributed by atoms with Gasteiger partial charge in [-0.3, -0.25) is 4.79 Å². The van der Waals surface area contributed by atoms with Gasteiger partial charge in [0.25, 0.3) is 5.56 Å². The number of aromatic amines is 1. The van der Waals surface area contributed by atoms with Crippen LogP contribution >= 0.6 is 23.4 Å². The van der Waals surface area contributed by atoms with Crippen LogP contribution in [0.5, 0.6) is 0 Å². The molecule has 2 rings (SSSR count). The fraction of sp³-hybridized carbons (Fsp3) is 0.111. The molecule has 2 aromatic heterocycles. The van der Waals surface area contributed by atoms with Gasteiger partial charge in [0.15, 0.2) is 5.16 Å². The zero-order valence-corrected chi connectivity index (χ0v) is 9.84. The van der Waals surface area contributed by atoms with Crippen molar-refractivity contribution < 1.29 is 0 Å². The van der Waals surface area contributed by atoms with Gasteiger partial charge in [0.05, 0.1) is 6.33 Å². The summed E-state index contributed by atoms with van der Waals surface area (Å²) in [6, 6.07) is 0. The minimum absolute atomic E-state index is 0.0525. The lowest BCUT2D eigenvalue weighted by Gasteiger charge is -2.00. The standard InChI is InChI=1S/C9H7ClN4OS/c1-5-2-11-9(12-3-5)16-8-6(10)7(15)13-4-14-8/h2-4H,1H3,(H,13,14,15). The van der Waals surface area contributed by atoms with Gasteiger partial charge in [-0.25, -0.2) is 15.0 Å². The van der Waals surface area contributed by atoms with Crippen LogP contribution in [-0.2, 0) is 0 Å². The summed E-state index contributed by atoms with van der Waals surface area (Å²) in [5.74, 6) is 0. The molecule has 16 heavy (non-hydrogen) atoms. The third-order valence-electron chi connectivity index (χ3n) is 1.71. The van der Waals surface area contributed by atoms with E-state index < -0.39 is 0 Å². The Morgan fingerprint density at radius 3 is 2.69 bits per heavy atom. The Morgan fingerprint density at radius 2 is 2.00 bits per heavy atom. The van der Waals surface area contributed by atoms with Crippen LogP contribution in [0.25, 0.3) is 0 Å². The van der Waals surface area contributed by atoms with E-state index in [-0.39, 0.29) is 10.6 Å². The lowest BCUT2D eigenvalue weighted by Crippen LogP contribution is -2.07. The van der Waals surface area contributed by atoms with Crippen molar-refractivity contribution in [2.24, 2.45) is 0 Å². The highest BCUT2D eigenvalue weighted by Crippen LogP contribution is 2.25. The minimum atomic E-state index is -0.369. The molecule has 0 saturated carbocycles. The molecule has 0 atom stereocenters. The first-order valence-corrected chi connectivity index (χ1v) is 5.56. The number of aromatic nitrogens is 4. The van der Waals surface area contributed by atoms with Crippen molar-refractivity contribution in [2.75, 3.05) is 0 Å². The fourth-order valence-corrected chi connectivity index (χ4v) is 1.85. The molecule has 2 aromatic rings. The molecule has 1 N–H and O–H groups in total. The van der Waals surface area contributed by atoms with Crippen molar-refractivity contribution >= 4 is 23.4 Å². The highest BCUT2D eigenvalue weighted by Gasteiger charge is 2.08. The molecule has 0 aliphatic heterocycles. The second kappa shape index (κ2) is 4.63. The molecular formula is C9H7ClN4OS. The predicted octanol–water partition coefficient (Wildman–Crippen LogP) is 1.67. The molecule has 0 saturated heterocycles. The Bertz CT molecular complexity index is 554. The molecule has 5 nitrogen and oxygen atoms in total. The fourth-order valence-electron chi connectivity index (χ4n) is 0.958. The molecule has 0 aromatic carbocycles. The molecule has 2 heterocycles. The quantitative estimate of drug-likeness (QED) is 0.652. The van der Waals surface area contributed by atoms with E-state index in [1.54, 1.807) is 12.4 Å². The Labute approximate surface area is 100 Å². The van der Waals surface area contributed by atoms with Crippen molar-refractivity contribution in [1.82, 2.24) is 19.9 Å². The summed E-state index contributed by atoms with van der Waals surface area (Å²) < 4.78 is 0. The first kappa shape index (κ1) is 11.1. The van der Waals surface area contributed by atoms with Gasteiger partial charge in [0.2, 0.25) is 0 Å². The van der Waals surface area contributed by atoms with Gasteiger partial charge in [0, 0.05) is 12.4 Å². The summed E-state index contributed by atoms with van der Waals surface area (Å²) in [5.41, 5.74) is 0.598. The summed E-state index contributed by atoms with van der Waals surface area (Å²) in [6.45, 7) is 1.90. The van der Waals surface area contributed by atoms with Crippen LogP contribution in [0.2, 0.25) is 5.02 Å². The lowest BCUT2D eigenvalue weighted by atomic mass is 10.4. The summed E-state index contributed by atoms with van der Waals surface area (Å²) in [7, 11) is 0. The zero-order valence-electron chi connectivity index (χ0n) is 8.27. The summed E-state index contributed by atoms with van der Waals surface area (Å²) >= 11 is 6.94. The highest BCUT2D eigenvalue weighted by molar-refractivity contribution is 7.99. The molecule has 0 spiro atoms. The van der Waals surface area contributed by atoms with Crippen LogP contribution in [0, 0.1) is 6.92 Å². The number of halogens is 1. The van der Waals surface area contributed by atoms with Crippen LogP contribution in [-0.4, -0.2) is 19.9 Å². The maximum absolute atomic E-state index is 11.2. The number of rotatable bonds is 2. The minimum Gasteiger partial charge on any atom is -0.312 e. The largest absolute Gasteiger partial charge is 0.312 e. The predicted molar refractivity (Wildman–Crippen MR) is 60.8 cm³/mol. The topological polar surface area (TPSA) is 71.5 Å². The first-order valence-electron chi connectivity index (χ1n) is 4.36. The summed E-state index contributed by atoms with van der Waals surface area (Å²) in [4.78, 5) is 25.7. The van der Waals surface area contributed by atoms with E-state index in [2.05, 4.69) is 19.9 Å². The molecule has 82 valence electrons. The smallest absolute Gasteiger partial charge is 0.270 e. The maximum Gasteiger partial charge on any atom is 0.270 e. The Kier molecular flexibility index (Phi) is 3.21. The monoisotopic (exact) mass is 254 g/mol. The molecule has 0 aliphatic rings. The molecule has 0 bridgehead atoms. The van der Waals surface area contributed by atoms with E-state index in [1.165, 1.54) is 6.33 Å². The molecule has 0 fully saturated rings. The average Bonchev–Trinajstić information content (AvgIpc) is 2.28. The lowest BCUT2D eigenvalue weighted by molar-refractivity contribution is 0.938. The van der Waals surface area contributed by atoms with Gasteiger partial charge in [-0.05, 0) is 24.2 Å². The Hall–Kier alpha value is -1.40. The first-order chi connectivity index (χ1) is 7.66. The van der Waals surface area contributed by atoms with E-state index in [0.717, 1.165) is 17.3 Å². The second-order valence-corrected chi connectivity index (χ2v) is 4.33. The molecular weight excluding hydrogens is 248 g/mol. The number of hydrogen-bond acceptors (Lipinski definition) is 5. The number of hydrogen-bond donors (Lipinski definition) is 1. The number of aryl methyl sites for hydroxylation is 1. The van der Waals surface area contributed by atoms with Gasteiger partial charge in [-0.1, -0.05) is 11.6 Å². The molecule has 0 radical (unpaired) electrons. The Morgan fingerprint density at radius 1 is 1.31 bits per heavy atom.